The number of hydrogen-bond acceptors (Lipinski definition) is 1. The van der Waals surface area contributed by atoms with Crippen LogP contribution in [0.4, 0.5) is 0 Å². The van der Waals surface area contributed by atoms with Crippen LogP contribution in [0.25, 0.3) is 0 Å². The molecule has 0 N–H and O–H groups in total. The second-order valence-corrected chi connectivity index (χ2v) is 17.9. The third-order valence-electron chi connectivity index (χ3n) is 10.3. The molecule has 0 saturated carbocycles. The molecule has 0 amide bonds. The average Bonchev–Trinajstić information content (AvgIpc) is 3.72. The Balaban J connectivity index is 0.000000299. The Morgan fingerprint density at radius 1 is 0.529 bits per heavy atom. The smallest absolute Gasteiger partial charge is 0.206 e. The molecule has 5 aromatic carbocycles. The van der Waals surface area contributed by atoms with Gasteiger partial charge in [-0.15, -0.1) is 0 Å². The van der Waals surface area contributed by atoms with Crippen molar-refractivity contribution in [2.45, 2.75) is 91.0 Å². The van der Waals surface area contributed by atoms with Crippen LogP contribution in [0, 0.1) is 0 Å². The Morgan fingerprint density at radius 2 is 1.00 bits per heavy atom. The van der Waals surface area contributed by atoms with Gasteiger partial charge in [-0.25, -0.2) is 4.98 Å². The molecule has 6 rings (SSSR count). The lowest BCUT2D eigenvalue weighted by atomic mass is 9.43. The molecule has 262 valence electrons. The van der Waals surface area contributed by atoms with Crippen LogP contribution in [0.5, 0.6) is 0 Å². The summed E-state index contributed by atoms with van der Waals surface area (Å²) in [7, 11) is -2.38. The number of aryl methyl sites for hydroxylation is 2. The number of imidazole rings is 1. The Hall–Kier alpha value is -4.41. The van der Waals surface area contributed by atoms with Gasteiger partial charge in [-0.1, -0.05) is 210 Å². The van der Waals surface area contributed by atoms with E-state index in [1.54, 1.807) is 0 Å². The summed E-state index contributed by atoms with van der Waals surface area (Å²) in [6.45, 7) is 7.30. The highest BCUT2D eigenvalue weighted by Crippen LogP contribution is 2.16. The fraction of sp³-hybridized carbons (Fsp3) is 0.298. The van der Waals surface area contributed by atoms with E-state index >= 15 is 0 Å². The summed E-state index contributed by atoms with van der Waals surface area (Å²) < 4.78 is 2.31. The standard InChI is InChI=1S/C34H44N2Si.C13H13B/c1-3-5-7-10-16-30-18-14-22-33(26-30)37(29-36-25-24-35-28-36,32-20-12-9-13-21-32)34-23-15-19-31(27-34)17-11-8-6-4-2;1-14(12-8-4-2-5-9-12)13-10-6-3-7-11-13/h9,12-15,18-28H,3-8,10-11,16-17,29H2,1-2H3;2-11H,1H3. The maximum absolute atomic E-state index is 4.42. The van der Waals surface area contributed by atoms with Crippen molar-refractivity contribution in [2.75, 3.05) is 0 Å². The number of benzene rings is 5. The van der Waals surface area contributed by atoms with E-state index in [0.717, 1.165) is 19.0 Å². The first-order chi connectivity index (χ1) is 25.1. The Labute approximate surface area is 310 Å². The van der Waals surface area contributed by atoms with Gasteiger partial charge in [0.2, 0.25) is 6.71 Å². The van der Waals surface area contributed by atoms with Crippen LogP contribution < -0.4 is 26.5 Å². The van der Waals surface area contributed by atoms with E-state index in [0.29, 0.717) is 6.71 Å². The van der Waals surface area contributed by atoms with Crippen LogP contribution in [0.3, 0.4) is 0 Å². The topological polar surface area (TPSA) is 17.8 Å². The van der Waals surface area contributed by atoms with Crippen LogP contribution in [0.1, 0.15) is 76.3 Å². The highest BCUT2D eigenvalue weighted by molar-refractivity contribution is 7.10. The molecule has 0 spiro atoms. The summed E-state index contributed by atoms with van der Waals surface area (Å²) in [4.78, 5) is 4.42. The fourth-order valence-electron chi connectivity index (χ4n) is 7.32. The van der Waals surface area contributed by atoms with Crippen LogP contribution in [0.2, 0.25) is 6.82 Å². The van der Waals surface area contributed by atoms with Crippen LogP contribution >= 0.6 is 0 Å². The van der Waals surface area contributed by atoms with Gasteiger partial charge in [-0.3, -0.25) is 0 Å². The van der Waals surface area contributed by atoms with Crippen molar-refractivity contribution in [3.63, 3.8) is 0 Å². The Bertz CT molecular complexity index is 1710. The molecule has 1 heterocycles. The predicted molar refractivity (Wildman–Crippen MR) is 226 cm³/mol. The number of unbranched alkanes of at least 4 members (excludes halogenated alkanes) is 6. The van der Waals surface area contributed by atoms with Gasteiger partial charge in [-0.2, -0.15) is 0 Å². The normalized spacial score (nSPS) is 11.1. The van der Waals surface area contributed by atoms with E-state index in [1.165, 1.54) is 89.0 Å². The zero-order chi connectivity index (χ0) is 35.6. The number of nitrogens with zero attached hydrogens (tertiary/aromatic N) is 2. The molecule has 1 aromatic heterocycles. The first-order valence-corrected chi connectivity index (χ1v) is 21.6. The molecule has 0 fully saturated rings. The SMILES string of the molecule is CB(c1ccccc1)c1ccccc1.CCCCCCc1cccc([Si](Cn2ccnc2)(c2ccccc2)c2cccc(CCCCCC)c2)c1. The quantitative estimate of drug-likeness (QED) is 0.0533. The largest absolute Gasteiger partial charge is 0.339 e. The average molecular weight is 689 g/mol. The molecule has 0 bridgehead atoms. The molecule has 4 heteroatoms. The van der Waals surface area contributed by atoms with Gasteiger partial charge in [0.25, 0.3) is 0 Å². The number of aromatic nitrogens is 2. The Kier molecular flexibility index (Phi) is 15.2. The first-order valence-electron chi connectivity index (χ1n) is 19.4. The van der Waals surface area contributed by atoms with Gasteiger partial charge in [0, 0.05) is 18.6 Å². The minimum absolute atomic E-state index is 0.484. The van der Waals surface area contributed by atoms with Crippen molar-refractivity contribution < 1.29 is 0 Å². The van der Waals surface area contributed by atoms with E-state index in [1.807, 2.05) is 12.5 Å². The van der Waals surface area contributed by atoms with Gasteiger partial charge in [0.05, 0.1) is 6.33 Å². The maximum Gasteiger partial charge on any atom is 0.206 e. The van der Waals surface area contributed by atoms with Crippen LogP contribution in [-0.2, 0) is 19.0 Å². The predicted octanol–water partition coefficient (Wildman–Crippen LogP) is 8.76. The summed E-state index contributed by atoms with van der Waals surface area (Å²) in [6.07, 6.45) is 19.7. The molecular weight excluding hydrogens is 631 g/mol. The van der Waals surface area contributed by atoms with Crippen molar-refractivity contribution in [3.05, 3.63) is 169 Å². The van der Waals surface area contributed by atoms with E-state index in [-0.39, 0.29) is 0 Å². The minimum atomic E-state index is -2.38. The molecule has 6 aromatic rings. The van der Waals surface area contributed by atoms with Crippen LogP contribution in [-0.4, -0.2) is 24.3 Å². The lowest BCUT2D eigenvalue weighted by Crippen LogP contribution is -2.69. The third-order valence-corrected chi connectivity index (χ3v) is 15.1. The Morgan fingerprint density at radius 3 is 1.45 bits per heavy atom. The van der Waals surface area contributed by atoms with Gasteiger partial charge >= 0.3 is 0 Å². The number of hydrogen-bond donors (Lipinski definition) is 0. The summed E-state index contributed by atoms with van der Waals surface area (Å²) in [6, 6.07) is 51.7. The van der Waals surface area contributed by atoms with E-state index in [9.17, 15) is 0 Å². The van der Waals surface area contributed by atoms with E-state index in [2.05, 4.69) is 176 Å². The molecule has 0 unspecified atom stereocenters. The van der Waals surface area contributed by atoms with Gasteiger partial charge in [0.1, 0.15) is 0 Å². The summed E-state index contributed by atoms with van der Waals surface area (Å²) in [5.74, 6) is 0. The van der Waals surface area contributed by atoms with Gasteiger partial charge < -0.3 is 4.57 Å². The zero-order valence-corrected chi connectivity index (χ0v) is 32.3. The third kappa shape index (κ3) is 10.8. The van der Waals surface area contributed by atoms with Crippen molar-refractivity contribution in [3.8, 4) is 0 Å². The zero-order valence-electron chi connectivity index (χ0n) is 31.3. The van der Waals surface area contributed by atoms with Crippen molar-refractivity contribution >= 4 is 41.3 Å². The van der Waals surface area contributed by atoms with Crippen molar-refractivity contribution in [1.29, 1.82) is 0 Å². The van der Waals surface area contributed by atoms with Crippen molar-refractivity contribution in [1.82, 2.24) is 9.55 Å². The monoisotopic (exact) mass is 688 g/mol. The highest BCUT2D eigenvalue weighted by atomic mass is 28.3. The summed E-state index contributed by atoms with van der Waals surface area (Å²) in [5.41, 5.74) is 5.70. The highest BCUT2D eigenvalue weighted by Gasteiger charge is 2.40. The summed E-state index contributed by atoms with van der Waals surface area (Å²) >= 11 is 0. The molecule has 51 heavy (non-hydrogen) atoms. The fourth-order valence-corrected chi connectivity index (χ4v) is 12.0. The second kappa shape index (κ2) is 20.4. The molecular formula is C47H57BN2Si. The molecule has 2 nitrogen and oxygen atoms in total. The lowest BCUT2D eigenvalue weighted by molar-refractivity contribution is 0.667. The van der Waals surface area contributed by atoms with Gasteiger partial charge in [-0.05, 0) is 52.4 Å². The molecule has 0 aliphatic carbocycles. The first kappa shape index (κ1) is 37.8. The van der Waals surface area contributed by atoms with Gasteiger partial charge in [0.15, 0.2) is 8.07 Å². The lowest BCUT2D eigenvalue weighted by Gasteiger charge is -2.34. The molecule has 0 aliphatic rings. The van der Waals surface area contributed by atoms with Crippen molar-refractivity contribution in [2.24, 2.45) is 0 Å². The molecule has 0 radical (unpaired) electrons. The maximum atomic E-state index is 4.42. The molecule has 0 saturated heterocycles. The van der Waals surface area contributed by atoms with E-state index in [4.69, 9.17) is 0 Å². The number of rotatable bonds is 17. The molecule has 0 aliphatic heterocycles. The summed E-state index contributed by atoms with van der Waals surface area (Å²) in [5, 5.41) is 4.47. The van der Waals surface area contributed by atoms with E-state index < -0.39 is 8.07 Å². The molecule has 0 atom stereocenters. The minimum Gasteiger partial charge on any atom is -0.339 e. The second-order valence-electron chi connectivity index (χ2n) is 14.1. The van der Waals surface area contributed by atoms with Crippen LogP contribution in [0.15, 0.2) is 158 Å².